The van der Waals surface area contributed by atoms with Crippen LogP contribution in [0.4, 0.5) is 10.8 Å². The Bertz CT molecular complexity index is 853. The van der Waals surface area contributed by atoms with Crippen LogP contribution in [0.15, 0.2) is 53.6 Å². The lowest BCUT2D eigenvalue weighted by molar-refractivity contribution is -0.115. The van der Waals surface area contributed by atoms with E-state index in [1.165, 1.54) is 11.3 Å². The molecule has 0 aliphatic rings. The standard InChI is InChI=1S/C18H19N5OS/c1-23(2)14-9-7-13(8-10-14)11-19-20-12-17(24)22-18-21-15-5-3-4-6-16(15)25-18/h3-11,20H,12H2,1-2H3,(H,21,22,24)/b19-11+. The maximum atomic E-state index is 11.9. The molecule has 0 saturated carbocycles. The number of nitrogens with one attached hydrogen (secondary N) is 2. The summed E-state index contributed by atoms with van der Waals surface area (Å²) in [7, 11) is 3.99. The van der Waals surface area contributed by atoms with Crippen molar-refractivity contribution in [1.29, 1.82) is 0 Å². The lowest BCUT2D eigenvalue weighted by atomic mass is 10.2. The molecule has 1 aromatic heterocycles. The van der Waals surface area contributed by atoms with E-state index in [1.807, 2.05) is 67.5 Å². The second-order valence-corrected chi connectivity index (χ2v) is 6.64. The predicted octanol–water partition coefficient (Wildman–Crippen LogP) is 2.92. The Hall–Kier alpha value is -2.93. The first-order valence-electron chi connectivity index (χ1n) is 7.80. The summed E-state index contributed by atoms with van der Waals surface area (Å²) in [5, 5.41) is 7.44. The zero-order valence-corrected chi connectivity index (χ0v) is 14.9. The quantitative estimate of drug-likeness (QED) is 0.528. The molecule has 0 bridgehead atoms. The Balaban J connectivity index is 1.48. The van der Waals surface area contributed by atoms with Gasteiger partial charge in [-0.2, -0.15) is 5.10 Å². The zero-order chi connectivity index (χ0) is 17.6. The molecule has 3 rings (SSSR count). The molecule has 0 spiro atoms. The number of nitrogens with zero attached hydrogens (tertiary/aromatic N) is 3. The Kier molecular flexibility index (Phi) is 5.25. The highest BCUT2D eigenvalue weighted by molar-refractivity contribution is 7.22. The Labute approximate surface area is 150 Å². The molecule has 2 aromatic carbocycles. The number of amides is 1. The third-order valence-corrected chi connectivity index (χ3v) is 4.45. The summed E-state index contributed by atoms with van der Waals surface area (Å²) in [6.45, 7) is 0.0855. The molecule has 2 N–H and O–H groups in total. The Morgan fingerprint density at radius 3 is 2.68 bits per heavy atom. The zero-order valence-electron chi connectivity index (χ0n) is 14.1. The van der Waals surface area contributed by atoms with Gasteiger partial charge in [-0.1, -0.05) is 35.6 Å². The minimum absolute atomic E-state index is 0.0855. The number of hydrazone groups is 1. The number of anilines is 2. The average Bonchev–Trinajstić information content (AvgIpc) is 3.01. The van der Waals surface area contributed by atoms with E-state index in [4.69, 9.17) is 0 Å². The number of thiazole rings is 1. The van der Waals surface area contributed by atoms with Crippen LogP contribution in [0.1, 0.15) is 5.56 Å². The molecule has 7 heteroatoms. The molecule has 0 aliphatic carbocycles. The van der Waals surface area contributed by atoms with Gasteiger partial charge in [-0.05, 0) is 29.8 Å². The maximum absolute atomic E-state index is 11.9. The van der Waals surface area contributed by atoms with Crippen molar-refractivity contribution in [2.75, 3.05) is 30.9 Å². The number of carbonyl (C=O) groups excluding carboxylic acids is 1. The molecule has 0 radical (unpaired) electrons. The van der Waals surface area contributed by atoms with Crippen molar-refractivity contribution in [3.63, 3.8) is 0 Å². The first kappa shape index (κ1) is 16.9. The lowest BCUT2D eigenvalue weighted by Gasteiger charge is -2.11. The minimum atomic E-state index is -0.181. The highest BCUT2D eigenvalue weighted by Crippen LogP contribution is 2.25. The van der Waals surface area contributed by atoms with E-state index in [2.05, 4.69) is 20.8 Å². The predicted molar refractivity (Wildman–Crippen MR) is 105 cm³/mol. The fraction of sp³-hybridized carbons (Fsp3) is 0.167. The number of aromatic nitrogens is 1. The van der Waals surface area contributed by atoms with Crippen LogP contribution in [-0.4, -0.2) is 37.7 Å². The third kappa shape index (κ3) is 4.54. The molecule has 3 aromatic rings. The summed E-state index contributed by atoms with van der Waals surface area (Å²) in [5.41, 5.74) is 5.72. The summed E-state index contributed by atoms with van der Waals surface area (Å²) >= 11 is 1.45. The first-order chi connectivity index (χ1) is 12.1. The fourth-order valence-corrected chi connectivity index (χ4v) is 3.07. The van der Waals surface area contributed by atoms with Gasteiger partial charge in [0.1, 0.15) is 6.54 Å². The van der Waals surface area contributed by atoms with Crippen LogP contribution in [0.5, 0.6) is 0 Å². The molecular formula is C18H19N5OS. The van der Waals surface area contributed by atoms with E-state index < -0.39 is 0 Å². The van der Waals surface area contributed by atoms with Gasteiger partial charge in [-0.15, -0.1) is 0 Å². The van der Waals surface area contributed by atoms with Gasteiger partial charge in [0, 0.05) is 19.8 Å². The third-order valence-electron chi connectivity index (χ3n) is 3.49. The number of hydrogen-bond acceptors (Lipinski definition) is 6. The first-order valence-corrected chi connectivity index (χ1v) is 8.62. The van der Waals surface area contributed by atoms with E-state index >= 15 is 0 Å². The van der Waals surface area contributed by atoms with Gasteiger partial charge in [0.15, 0.2) is 5.13 Å². The summed E-state index contributed by atoms with van der Waals surface area (Å²) in [6.07, 6.45) is 1.68. The van der Waals surface area contributed by atoms with E-state index in [1.54, 1.807) is 6.21 Å². The molecule has 6 nitrogen and oxygen atoms in total. The van der Waals surface area contributed by atoms with Crippen molar-refractivity contribution in [3.05, 3.63) is 54.1 Å². The molecule has 0 unspecified atom stereocenters. The van der Waals surface area contributed by atoms with Crippen molar-refractivity contribution >= 4 is 44.5 Å². The molecular weight excluding hydrogens is 334 g/mol. The molecule has 0 atom stereocenters. The second kappa shape index (κ2) is 7.76. The summed E-state index contributed by atoms with van der Waals surface area (Å²) in [6, 6.07) is 15.8. The van der Waals surface area contributed by atoms with E-state index in [9.17, 15) is 4.79 Å². The monoisotopic (exact) mass is 353 g/mol. The lowest BCUT2D eigenvalue weighted by Crippen LogP contribution is -2.24. The van der Waals surface area contributed by atoms with Crippen molar-refractivity contribution < 1.29 is 4.79 Å². The Morgan fingerprint density at radius 2 is 1.96 bits per heavy atom. The normalized spacial score (nSPS) is 11.0. The molecule has 0 saturated heterocycles. The van der Waals surface area contributed by atoms with E-state index in [0.29, 0.717) is 5.13 Å². The number of benzene rings is 2. The molecule has 25 heavy (non-hydrogen) atoms. The van der Waals surface area contributed by atoms with E-state index in [0.717, 1.165) is 21.5 Å². The maximum Gasteiger partial charge on any atom is 0.247 e. The van der Waals surface area contributed by atoms with Gasteiger partial charge < -0.3 is 15.6 Å². The molecule has 1 amide bonds. The van der Waals surface area contributed by atoms with Gasteiger partial charge in [0.05, 0.1) is 16.4 Å². The van der Waals surface area contributed by atoms with Crippen LogP contribution in [0.2, 0.25) is 0 Å². The van der Waals surface area contributed by atoms with Crippen molar-refractivity contribution in [1.82, 2.24) is 10.4 Å². The van der Waals surface area contributed by atoms with Crippen molar-refractivity contribution in [2.24, 2.45) is 5.10 Å². The summed E-state index contributed by atoms with van der Waals surface area (Å²) < 4.78 is 1.05. The molecule has 1 heterocycles. The number of carbonyl (C=O) groups is 1. The van der Waals surface area contributed by atoms with Crippen LogP contribution >= 0.6 is 11.3 Å². The smallest absolute Gasteiger partial charge is 0.247 e. The Morgan fingerprint density at radius 1 is 1.20 bits per heavy atom. The number of fused-ring (bicyclic) bond motifs is 1. The highest BCUT2D eigenvalue weighted by atomic mass is 32.1. The SMILES string of the molecule is CN(C)c1ccc(/C=N/NCC(=O)Nc2nc3ccccc3s2)cc1. The van der Waals surface area contributed by atoms with Crippen LogP contribution < -0.4 is 15.6 Å². The highest BCUT2D eigenvalue weighted by Gasteiger charge is 2.06. The average molecular weight is 353 g/mol. The van der Waals surface area contributed by atoms with Gasteiger partial charge in [0.2, 0.25) is 5.91 Å². The summed E-state index contributed by atoms with van der Waals surface area (Å²) in [4.78, 5) is 18.3. The number of para-hydroxylation sites is 1. The minimum Gasteiger partial charge on any atom is -0.378 e. The molecule has 0 aliphatic heterocycles. The van der Waals surface area contributed by atoms with Gasteiger partial charge in [0.25, 0.3) is 0 Å². The van der Waals surface area contributed by atoms with Crippen molar-refractivity contribution in [3.8, 4) is 0 Å². The van der Waals surface area contributed by atoms with Crippen LogP contribution in [-0.2, 0) is 4.79 Å². The van der Waals surface area contributed by atoms with Gasteiger partial charge in [-0.3, -0.25) is 4.79 Å². The number of rotatable bonds is 6. The van der Waals surface area contributed by atoms with Crippen LogP contribution in [0, 0.1) is 0 Å². The van der Waals surface area contributed by atoms with Gasteiger partial charge >= 0.3 is 0 Å². The summed E-state index contributed by atoms with van der Waals surface area (Å²) in [5.74, 6) is -0.181. The second-order valence-electron chi connectivity index (χ2n) is 5.61. The topological polar surface area (TPSA) is 69.6 Å². The molecule has 0 fully saturated rings. The van der Waals surface area contributed by atoms with Crippen molar-refractivity contribution in [2.45, 2.75) is 0 Å². The number of hydrogen-bond donors (Lipinski definition) is 2. The van der Waals surface area contributed by atoms with E-state index in [-0.39, 0.29) is 12.5 Å². The fourth-order valence-electron chi connectivity index (χ4n) is 2.19. The van der Waals surface area contributed by atoms with Crippen LogP contribution in [0.25, 0.3) is 10.2 Å². The van der Waals surface area contributed by atoms with Gasteiger partial charge in [-0.25, -0.2) is 4.98 Å². The van der Waals surface area contributed by atoms with Crippen LogP contribution in [0.3, 0.4) is 0 Å². The molecule has 128 valence electrons. The largest absolute Gasteiger partial charge is 0.378 e.